The second kappa shape index (κ2) is 6.06. The molecule has 0 aromatic heterocycles. The van der Waals surface area contributed by atoms with Gasteiger partial charge in [-0.1, -0.05) is 15.9 Å². The number of aryl methyl sites for hydroxylation is 1. The van der Waals surface area contributed by atoms with Crippen molar-refractivity contribution in [3.05, 3.63) is 27.7 Å². The number of rotatable bonds is 5. The summed E-state index contributed by atoms with van der Waals surface area (Å²) in [6.45, 7) is 4.14. The van der Waals surface area contributed by atoms with Crippen LogP contribution < -0.4 is 10.1 Å². The minimum Gasteiger partial charge on any atom is -0.491 e. The molecule has 1 N–H and O–H groups in total. The summed E-state index contributed by atoms with van der Waals surface area (Å²) in [6, 6.07) is 3.55. The summed E-state index contributed by atoms with van der Waals surface area (Å²) >= 11 is 3.34. The van der Waals surface area contributed by atoms with Crippen LogP contribution in [0, 0.1) is 6.92 Å². The summed E-state index contributed by atoms with van der Waals surface area (Å²) in [5, 5.41) is 2.73. The normalized spacial score (nSPS) is 14.4. The van der Waals surface area contributed by atoms with Crippen LogP contribution in [-0.4, -0.2) is 43.5 Å². The summed E-state index contributed by atoms with van der Waals surface area (Å²) < 4.78 is 6.50. The first-order chi connectivity index (χ1) is 9.11. The number of urea groups is 1. The van der Waals surface area contributed by atoms with E-state index in [0.717, 1.165) is 16.3 Å². The molecule has 0 saturated carbocycles. The fraction of sp³-hybridized carbons (Fsp3) is 0.385. The number of carbonyl (C=O) groups is 2. The number of hydrogen-bond donors (Lipinski definition) is 1. The van der Waals surface area contributed by atoms with Crippen molar-refractivity contribution in [2.45, 2.75) is 6.92 Å². The lowest BCUT2D eigenvalue weighted by molar-refractivity contribution is 0.111. The van der Waals surface area contributed by atoms with Crippen molar-refractivity contribution in [3.8, 4) is 5.75 Å². The Morgan fingerprint density at radius 3 is 2.95 bits per heavy atom. The Balaban J connectivity index is 1.99. The number of amides is 2. The molecule has 5 nitrogen and oxygen atoms in total. The summed E-state index contributed by atoms with van der Waals surface area (Å²) in [5.74, 6) is 0.581. The number of aldehydes is 1. The topological polar surface area (TPSA) is 58.6 Å². The zero-order valence-corrected chi connectivity index (χ0v) is 12.2. The van der Waals surface area contributed by atoms with Gasteiger partial charge in [-0.25, -0.2) is 4.79 Å². The van der Waals surface area contributed by atoms with E-state index in [4.69, 9.17) is 4.74 Å². The van der Waals surface area contributed by atoms with Gasteiger partial charge in [-0.05, 0) is 24.6 Å². The van der Waals surface area contributed by atoms with E-state index < -0.39 is 0 Å². The maximum Gasteiger partial charge on any atom is 0.317 e. The molecular weight excluding hydrogens is 312 g/mol. The first kappa shape index (κ1) is 13.9. The quantitative estimate of drug-likeness (QED) is 0.842. The molecule has 1 heterocycles. The minimum absolute atomic E-state index is 0.0632. The highest BCUT2D eigenvalue weighted by atomic mass is 79.9. The number of nitrogens with zero attached hydrogens (tertiary/aromatic N) is 1. The summed E-state index contributed by atoms with van der Waals surface area (Å²) in [6.07, 6.45) is 0.773. The van der Waals surface area contributed by atoms with E-state index in [1.54, 1.807) is 11.0 Å². The maximum absolute atomic E-state index is 11.3. The van der Waals surface area contributed by atoms with E-state index in [1.165, 1.54) is 0 Å². The Bertz CT molecular complexity index is 505. The van der Waals surface area contributed by atoms with Crippen LogP contribution >= 0.6 is 15.9 Å². The predicted molar refractivity (Wildman–Crippen MR) is 74.7 cm³/mol. The van der Waals surface area contributed by atoms with Gasteiger partial charge in [-0.15, -0.1) is 0 Å². The highest BCUT2D eigenvalue weighted by Gasteiger charge is 2.19. The van der Waals surface area contributed by atoms with E-state index in [9.17, 15) is 9.59 Å². The first-order valence-corrected chi connectivity index (χ1v) is 6.82. The van der Waals surface area contributed by atoms with Crippen molar-refractivity contribution in [2.75, 3.05) is 26.2 Å². The van der Waals surface area contributed by atoms with Crippen LogP contribution in [0.25, 0.3) is 0 Å². The van der Waals surface area contributed by atoms with E-state index in [-0.39, 0.29) is 6.03 Å². The molecule has 0 aliphatic carbocycles. The summed E-state index contributed by atoms with van der Waals surface area (Å²) in [4.78, 5) is 24.1. The Labute approximate surface area is 120 Å². The van der Waals surface area contributed by atoms with Crippen molar-refractivity contribution < 1.29 is 14.3 Å². The third-order valence-electron chi connectivity index (χ3n) is 2.95. The summed E-state index contributed by atoms with van der Waals surface area (Å²) in [7, 11) is 0. The molecule has 1 saturated heterocycles. The number of benzene rings is 1. The Hall–Kier alpha value is -1.56. The summed E-state index contributed by atoms with van der Waals surface area (Å²) in [5.41, 5.74) is 1.40. The highest BCUT2D eigenvalue weighted by Crippen LogP contribution is 2.26. The van der Waals surface area contributed by atoms with Gasteiger partial charge >= 0.3 is 6.03 Å². The fourth-order valence-electron chi connectivity index (χ4n) is 2.02. The minimum atomic E-state index is -0.0632. The molecule has 19 heavy (non-hydrogen) atoms. The number of nitrogens with one attached hydrogen (secondary N) is 1. The van der Waals surface area contributed by atoms with Crippen LogP contribution in [0.4, 0.5) is 4.79 Å². The van der Waals surface area contributed by atoms with Crippen LogP contribution in [0.15, 0.2) is 16.6 Å². The Morgan fingerprint density at radius 1 is 1.53 bits per heavy atom. The van der Waals surface area contributed by atoms with Crippen molar-refractivity contribution in [3.63, 3.8) is 0 Å². The molecule has 1 aliphatic heterocycles. The van der Waals surface area contributed by atoms with Gasteiger partial charge in [0.15, 0.2) is 6.29 Å². The lowest BCUT2D eigenvalue weighted by Crippen LogP contribution is -2.32. The van der Waals surface area contributed by atoms with Gasteiger partial charge in [0, 0.05) is 17.6 Å². The van der Waals surface area contributed by atoms with Gasteiger partial charge in [-0.2, -0.15) is 0 Å². The second-order valence-electron chi connectivity index (χ2n) is 4.33. The lowest BCUT2D eigenvalue weighted by atomic mass is 10.1. The van der Waals surface area contributed by atoms with Crippen LogP contribution in [-0.2, 0) is 0 Å². The smallest absolute Gasteiger partial charge is 0.317 e. The monoisotopic (exact) mass is 326 g/mol. The van der Waals surface area contributed by atoms with Gasteiger partial charge in [0.1, 0.15) is 12.4 Å². The van der Waals surface area contributed by atoms with Gasteiger partial charge in [0.25, 0.3) is 0 Å². The van der Waals surface area contributed by atoms with E-state index in [0.29, 0.717) is 37.6 Å². The number of hydrogen-bond acceptors (Lipinski definition) is 3. The SMILES string of the molecule is Cc1cc(Br)cc(C=O)c1OCCN1CCNC1=O. The molecular formula is C13H15BrN2O3. The van der Waals surface area contributed by atoms with Crippen LogP contribution in [0.2, 0.25) is 0 Å². The van der Waals surface area contributed by atoms with Crippen LogP contribution in [0.5, 0.6) is 5.75 Å². The molecule has 1 aromatic rings. The third kappa shape index (κ3) is 3.26. The molecule has 102 valence electrons. The maximum atomic E-state index is 11.3. The average Bonchev–Trinajstić information content (AvgIpc) is 2.77. The Kier molecular flexibility index (Phi) is 4.42. The molecule has 1 aliphatic rings. The van der Waals surface area contributed by atoms with Gasteiger partial charge in [-0.3, -0.25) is 4.79 Å². The largest absolute Gasteiger partial charge is 0.491 e. The first-order valence-electron chi connectivity index (χ1n) is 6.02. The molecule has 0 atom stereocenters. The van der Waals surface area contributed by atoms with Crippen LogP contribution in [0.3, 0.4) is 0 Å². The lowest BCUT2D eigenvalue weighted by Gasteiger charge is -2.16. The molecule has 2 rings (SSSR count). The molecule has 0 spiro atoms. The number of halogens is 1. The van der Waals surface area contributed by atoms with Gasteiger partial charge in [0.2, 0.25) is 0 Å². The molecule has 0 unspecified atom stereocenters. The van der Waals surface area contributed by atoms with Crippen molar-refractivity contribution >= 4 is 28.2 Å². The Morgan fingerprint density at radius 2 is 2.32 bits per heavy atom. The molecule has 2 amide bonds. The molecule has 1 aromatic carbocycles. The predicted octanol–water partition coefficient (Wildman–Crippen LogP) is 1.97. The van der Waals surface area contributed by atoms with Crippen molar-refractivity contribution in [1.29, 1.82) is 0 Å². The standard InChI is InChI=1S/C13H15BrN2O3/c1-9-6-11(14)7-10(8-17)12(9)19-5-4-16-3-2-15-13(16)18/h6-8H,2-5H2,1H3,(H,15,18). The van der Waals surface area contributed by atoms with Crippen LogP contribution in [0.1, 0.15) is 15.9 Å². The van der Waals surface area contributed by atoms with E-state index in [2.05, 4.69) is 21.2 Å². The molecule has 0 bridgehead atoms. The van der Waals surface area contributed by atoms with Crippen molar-refractivity contribution in [1.82, 2.24) is 10.2 Å². The van der Waals surface area contributed by atoms with Gasteiger partial charge in [0.05, 0.1) is 12.1 Å². The van der Waals surface area contributed by atoms with Gasteiger partial charge < -0.3 is 15.0 Å². The van der Waals surface area contributed by atoms with Crippen molar-refractivity contribution in [2.24, 2.45) is 0 Å². The average molecular weight is 327 g/mol. The molecule has 1 fully saturated rings. The third-order valence-corrected chi connectivity index (χ3v) is 3.41. The number of carbonyl (C=O) groups excluding carboxylic acids is 2. The molecule has 0 radical (unpaired) electrons. The molecule has 6 heteroatoms. The highest BCUT2D eigenvalue weighted by molar-refractivity contribution is 9.10. The number of ether oxygens (including phenoxy) is 1. The zero-order valence-electron chi connectivity index (χ0n) is 10.6. The van der Waals surface area contributed by atoms with E-state index >= 15 is 0 Å². The van der Waals surface area contributed by atoms with E-state index in [1.807, 2.05) is 13.0 Å². The fourth-order valence-corrected chi connectivity index (χ4v) is 2.61. The zero-order chi connectivity index (χ0) is 13.8. The second-order valence-corrected chi connectivity index (χ2v) is 5.24.